The Morgan fingerprint density at radius 1 is 1.17 bits per heavy atom. The average molecular weight is 170 g/mol. The molecule has 0 aliphatic heterocycles. The number of unbranched alkanes of at least 4 members (excludes halogenated alkanes) is 3. The average Bonchev–Trinajstić information content (AvgIpc) is 1.98. The highest BCUT2D eigenvalue weighted by atomic mass is 15.0. The molecular formula is C11H24N+. The van der Waals surface area contributed by atoms with Crippen LogP contribution < -0.4 is 0 Å². The molecule has 0 aliphatic rings. The van der Waals surface area contributed by atoms with E-state index in [1.165, 1.54) is 32.1 Å². The van der Waals surface area contributed by atoms with Gasteiger partial charge in [0.1, 0.15) is 13.8 Å². The lowest BCUT2D eigenvalue weighted by atomic mass is 9.96. The summed E-state index contributed by atoms with van der Waals surface area (Å²) in [6.45, 7) is 10.7. The van der Waals surface area contributed by atoms with Gasteiger partial charge in [0.2, 0.25) is 0 Å². The van der Waals surface area contributed by atoms with Crippen molar-refractivity contribution in [1.82, 2.24) is 0 Å². The molecule has 0 N–H and O–H groups in total. The highest BCUT2D eigenvalue weighted by Crippen LogP contribution is 2.16. The smallest absolute Gasteiger partial charge is 0.156 e. The Morgan fingerprint density at radius 2 is 1.75 bits per heavy atom. The molecule has 0 saturated heterocycles. The van der Waals surface area contributed by atoms with Gasteiger partial charge in [0.05, 0.1) is 0 Å². The Balaban J connectivity index is 3.54. The predicted octanol–water partition coefficient (Wildman–Crippen LogP) is 3.08. The van der Waals surface area contributed by atoms with E-state index in [-0.39, 0.29) is 5.54 Å². The van der Waals surface area contributed by atoms with Gasteiger partial charge < -0.3 is 0 Å². The van der Waals surface area contributed by atoms with Crippen LogP contribution in [0.5, 0.6) is 0 Å². The van der Waals surface area contributed by atoms with Gasteiger partial charge in [0.15, 0.2) is 5.54 Å². The molecule has 0 aromatic rings. The van der Waals surface area contributed by atoms with Crippen LogP contribution in [-0.2, 0) is 0 Å². The molecule has 0 bridgehead atoms. The zero-order valence-electron chi connectivity index (χ0n) is 9.19. The van der Waals surface area contributed by atoms with E-state index in [1.54, 1.807) is 0 Å². The Hall–Kier alpha value is -0.330. The van der Waals surface area contributed by atoms with Gasteiger partial charge in [0, 0.05) is 6.42 Å². The first-order valence-electron chi connectivity index (χ1n) is 5.05. The van der Waals surface area contributed by atoms with E-state index >= 15 is 0 Å². The van der Waals surface area contributed by atoms with Crippen LogP contribution >= 0.6 is 0 Å². The Kier molecular flexibility index (Phi) is 5.19. The molecule has 72 valence electrons. The molecule has 0 heterocycles. The first-order chi connectivity index (χ1) is 5.50. The third kappa shape index (κ3) is 4.53. The lowest BCUT2D eigenvalue weighted by Crippen LogP contribution is -2.32. The zero-order valence-corrected chi connectivity index (χ0v) is 9.19. The highest BCUT2D eigenvalue weighted by Gasteiger charge is 2.24. The molecule has 0 aliphatic carbocycles. The van der Waals surface area contributed by atoms with Crippen LogP contribution in [0, 0.1) is 0 Å². The largest absolute Gasteiger partial charge is 0.240 e. The summed E-state index contributed by atoms with van der Waals surface area (Å²) in [5.74, 6) is 0. The maximum absolute atomic E-state index is 3.94. The van der Waals surface area contributed by atoms with Crippen LogP contribution in [0.25, 0.3) is 0 Å². The summed E-state index contributed by atoms with van der Waals surface area (Å²) in [5, 5.41) is 0. The van der Waals surface area contributed by atoms with E-state index in [0.717, 1.165) is 0 Å². The van der Waals surface area contributed by atoms with E-state index in [2.05, 4.69) is 39.1 Å². The summed E-state index contributed by atoms with van der Waals surface area (Å²) in [7, 11) is 2.06. The number of hydrogen-bond donors (Lipinski definition) is 0. The standard InChI is InChI=1S/C11H24N/c1-6-7-8-9-10-11(2,3)12(4)5/h4,6-10H2,1-3,5H3/q+1. The molecule has 0 amide bonds. The molecule has 0 rings (SSSR count). The molecule has 0 aromatic carbocycles. The fourth-order valence-electron chi connectivity index (χ4n) is 1.18. The molecular weight excluding hydrogens is 146 g/mol. The first kappa shape index (κ1) is 11.7. The van der Waals surface area contributed by atoms with Crippen molar-refractivity contribution in [1.29, 1.82) is 0 Å². The third-order valence-electron chi connectivity index (χ3n) is 2.68. The minimum Gasteiger partial charge on any atom is -0.240 e. The predicted molar refractivity (Wildman–Crippen MR) is 56.1 cm³/mol. The van der Waals surface area contributed by atoms with E-state index in [0.29, 0.717) is 0 Å². The normalized spacial score (nSPS) is 11.7. The van der Waals surface area contributed by atoms with Gasteiger partial charge in [-0.15, -0.1) is 0 Å². The highest BCUT2D eigenvalue weighted by molar-refractivity contribution is 5.15. The maximum Gasteiger partial charge on any atom is 0.156 e. The van der Waals surface area contributed by atoms with Gasteiger partial charge in [-0.25, -0.2) is 4.58 Å². The van der Waals surface area contributed by atoms with Gasteiger partial charge in [-0.3, -0.25) is 0 Å². The van der Waals surface area contributed by atoms with E-state index in [4.69, 9.17) is 0 Å². The summed E-state index contributed by atoms with van der Waals surface area (Å²) >= 11 is 0. The summed E-state index contributed by atoms with van der Waals surface area (Å²) in [6.07, 6.45) is 6.65. The van der Waals surface area contributed by atoms with Crippen molar-refractivity contribution < 1.29 is 4.58 Å². The van der Waals surface area contributed by atoms with Crippen molar-refractivity contribution in [2.75, 3.05) is 7.05 Å². The zero-order chi connectivity index (χ0) is 9.61. The summed E-state index contributed by atoms with van der Waals surface area (Å²) in [4.78, 5) is 0. The van der Waals surface area contributed by atoms with Gasteiger partial charge in [-0.2, -0.15) is 0 Å². The van der Waals surface area contributed by atoms with Gasteiger partial charge in [-0.05, 0) is 20.3 Å². The van der Waals surface area contributed by atoms with Gasteiger partial charge in [0.25, 0.3) is 0 Å². The second-order valence-electron chi connectivity index (χ2n) is 4.32. The van der Waals surface area contributed by atoms with Crippen molar-refractivity contribution in [2.45, 2.75) is 58.4 Å². The number of rotatable bonds is 6. The fourth-order valence-corrected chi connectivity index (χ4v) is 1.18. The topological polar surface area (TPSA) is 3.01 Å². The first-order valence-corrected chi connectivity index (χ1v) is 5.05. The SMILES string of the molecule is C=[N+](C)C(C)(C)CCCCCC. The second-order valence-corrected chi connectivity index (χ2v) is 4.32. The van der Waals surface area contributed by atoms with Crippen molar-refractivity contribution in [2.24, 2.45) is 0 Å². The second kappa shape index (κ2) is 5.34. The molecule has 12 heavy (non-hydrogen) atoms. The summed E-state index contributed by atoms with van der Waals surface area (Å²) in [6, 6.07) is 0. The molecule has 0 unspecified atom stereocenters. The van der Waals surface area contributed by atoms with Crippen LogP contribution in [-0.4, -0.2) is 23.9 Å². The molecule has 1 heteroatoms. The lowest BCUT2D eigenvalue weighted by molar-refractivity contribution is -0.568. The summed E-state index contributed by atoms with van der Waals surface area (Å²) in [5.41, 5.74) is 0.272. The van der Waals surface area contributed by atoms with Crippen LogP contribution in [0.15, 0.2) is 0 Å². The molecule has 0 aromatic heterocycles. The number of hydrogen-bond acceptors (Lipinski definition) is 0. The van der Waals surface area contributed by atoms with Gasteiger partial charge >= 0.3 is 0 Å². The maximum atomic E-state index is 3.94. The Morgan fingerprint density at radius 3 is 2.17 bits per heavy atom. The van der Waals surface area contributed by atoms with E-state index in [9.17, 15) is 0 Å². The van der Waals surface area contributed by atoms with Crippen LogP contribution in [0.4, 0.5) is 0 Å². The van der Waals surface area contributed by atoms with Crippen molar-refractivity contribution >= 4 is 6.72 Å². The van der Waals surface area contributed by atoms with Gasteiger partial charge in [-0.1, -0.05) is 26.2 Å². The molecule has 1 nitrogen and oxygen atoms in total. The molecule has 0 fully saturated rings. The van der Waals surface area contributed by atoms with E-state index < -0.39 is 0 Å². The fraction of sp³-hybridized carbons (Fsp3) is 0.909. The van der Waals surface area contributed by atoms with Crippen LogP contribution in [0.2, 0.25) is 0 Å². The van der Waals surface area contributed by atoms with Crippen molar-refractivity contribution in [3.05, 3.63) is 0 Å². The molecule has 0 saturated carbocycles. The number of nitrogens with zero attached hydrogens (tertiary/aromatic N) is 1. The minimum atomic E-state index is 0.272. The minimum absolute atomic E-state index is 0.272. The van der Waals surface area contributed by atoms with E-state index in [1.807, 2.05) is 0 Å². The van der Waals surface area contributed by atoms with Crippen molar-refractivity contribution in [3.8, 4) is 0 Å². The monoisotopic (exact) mass is 170 g/mol. The Labute approximate surface area is 77.5 Å². The Bertz CT molecular complexity index is 136. The van der Waals surface area contributed by atoms with Crippen molar-refractivity contribution in [3.63, 3.8) is 0 Å². The quantitative estimate of drug-likeness (QED) is 0.327. The van der Waals surface area contributed by atoms with Crippen LogP contribution in [0.3, 0.4) is 0 Å². The third-order valence-corrected chi connectivity index (χ3v) is 2.68. The molecule has 0 spiro atoms. The molecule has 0 atom stereocenters. The summed E-state index contributed by atoms with van der Waals surface area (Å²) < 4.78 is 2.07. The van der Waals surface area contributed by atoms with Crippen LogP contribution in [0.1, 0.15) is 52.9 Å². The lowest BCUT2D eigenvalue weighted by Gasteiger charge is -2.19. The molecule has 0 radical (unpaired) electrons.